The summed E-state index contributed by atoms with van der Waals surface area (Å²) in [5.41, 5.74) is 2.23. The van der Waals surface area contributed by atoms with Gasteiger partial charge in [-0.3, -0.25) is 4.84 Å². The van der Waals surface area contributed by atoms with Gasteiger partial charge >= 0.3 is 6.03 Å². The van der Waals surface area contributed by atoms with E-state index in [9.17, 15) is 4.79 Å². The van der Waals surface area contributed by atoms with Crippen LogP contribution in [-0.4, -0.2) is 42.3 Å². The van der Waals surface area contributed by atoms with Crippen molar-refractivity contribution in [2.45, 2.75) is 18.9 Å². The minimum Gasteiger partial charge on any atom is -0.394 e. The van der Waals surface area contributed by atoms with Gasteiger partial charge in [0.15, 0.2) is 0 Å². The molecule has 0 aromatic rings. The molecule has 0 radical (unpaired) electrons. The van der Waals surface area contributed by atoms with Gasteiger partial charge in [-0.25, -0.2) is 10.3 Å². The van der Waals surface area contributed by atoms with Crippen LogP contribution in [-0.2, 0) is 4.84 Å². The first kappa shape index (κ1) is 9.28. The van der Waals surface area contributed by atoms with Crippen molar-refractivity contribution < 1.29 is 14.7 Å². The van der Waals surface area contributed by atoms with Crippen LogP contribution >= 0.6 is 0 Å². The molecule has 2 N–H and O–H groups in total. The molecule has 0 aromatic carbocycles. The van der Waals surface area contributed by atoms with Crippen LogP contribution in [0.1, 0.15) is 12.8 Å². The SMILES string of the molecule is CONC(=O)N1CCCC1CO. The number of nitrogens with one attached hydrogen (secondary N) is 1. The maximum Gasteiger partial charge on any atom is 0.341 e. The van der Waals surface area contributed by atoms with Gasteiger partial charge in [0, 0.05) is 6.54 Å². The molecule has 0 bridgehead atoms. The lowest BCUT2D eigenvalue weighted by molar-refractivity contribution is 0.0775. The smallest absolute Gasteiger partial charge is 0.341 e. The normalized spacial score (nSPS) is 22.8. The highest BCUT2D eigenvalue weighted by Crippen LogP contribution is 2.16. The van der Waals surface area contributed by atoms with Crippen molar-refractivity contribution in [3.8, 4) is 0 Å². The molecule has 1 unspecified atom stereocenters. The Bertz CT molecular complexity index is 163. The Morgan fingerprint density at radius 3 is 3.17 bits per heavy atom. The summed E-state index contributed by atoms with van der Waals surface area (Å²) in [4.78, 5) is 17.3. The van der Waals surface area contributed by atoms with E-state index >= 15 is 0 Å². The van der Waals surface area contributed by atoms with E-state index in [1.54, 1.807) is 4.90 Å². The largest absolute Gasteiger partial charge is 0.394 e. The van der Waals surface area contributed by atoms with E-state index in [1.165, 1.54) is 7.11 Å². The number of hydrogen-bond donors (Lipinski definition) is 2. The van der Waals surface area contributed by atoms with Gasteiger partial charge < -0.3 is 10.0 Å². The van der Waals surface area contributed by atoms with Crippen LogP contribution in [0.3, 0.4) is 0 Å². The molecule has 0 spiro atoms. The van der Waals surface area contributed by atoms with Crippen molar-refractivity contribution in [2.24, 2.45) is 0 Å². The molecule has 12 heavy (non-hydrogen) atoms. The number of aliphatic hydroxyl groups excluding tert-OH is 1. The van der Waals surface area contributed by atoms with E-state index in [0.717, 1.165) is 12.8 Å². The number of urea groups is 1. The number of hydroxylamine groups is 1. The maximum atomic E-state index is 11.2. The average Bonchev–Trinajstić information content (AvgIpc) is 2.51. The van der Waals surface area contributed by atoms with Crippen LogP contribution < -0.4 is 5.48 Å². The van der Waals surface area contributed by atoms with E-state index in [0.29, 0.717) is 6.54 Å². The predicted molar refractivity (Wildman–Crippen MR) is 42.4 cm³/mol. The van der Waals surface area contributed by atoms with E-state index in [2.05, 4.69) is 10.3 Å². The van der Waals surface area contributed by atoms with E-state index in [4.69, 9.17) is 5.11 Å². The van der Waals surface area contributed by atoms with Crippen molar-refractivity contribution in [3.63, 3.8) is 0 Å². The van der Waals surface area contributed by atoms with Crippen LogP contribution in [0.15, 0.2) is 0 Å². The summed E-state index contributed by atoms with van der Waals surface area (Å²) in [6.07, 6.45) is 1.82. The van der Waals surface area contributed by atoms with Crippen molar-refractivity contribution in [3.05, 3.63) is 0 Å². The summed E-state index contributed by atoms with van der Waals surface area (Å²) < 4.78 is 0. The first-order valence-electron chi connectivity index (χ1n) is 4.00. The molecule has 1 atom stereocenters. The zero-order valence-corrected chi connectivity index (χ0v) is 7.12. The van der Waals surface area contributed by atoms with Crippen molar-refractivity contribution in [2.75, 3.05) is 20.3 Å². The monoisotopic (exact) mass is 174 g/mol. The van der Waals surface area contributed by atoms with Crippen molar-refractivity contribution in [1.29, 1.82) is 0 Å². The van der Waals surface area contributed by atoms with Crippen LogP contribution in [0.2, 0.25) is 0 Å². The van der Waals surface area contributed by atoms with E-state index < -0.39 is 0 Å². The Morgan fingerprint density at radius 2 is 2.58 bits per heavy atom. The second-order valence-corrected chi connectivity index (χ2v) is 2.78. The number of nitrogens with zero attached hydrogens (tertiary/aromatic N) is 1. The summed E-state index contributed by atoms with van der Waals surface area (Å²) >= 11 is 0. The molecule has 2 amide bonds. The number of amides is 2. The Labute approximate surface area is 71.3 Å². The number of aliphatic hydroxyl groups is 1. The second kappa shape index (κ2) is 4.27. The molecule has 0 aromatic heterocycles. The molecule has 0 aliphatic carbocycles. The van der Waals surface area contributed by atoms with Crippen LogP contribution in [0, 0.1) is 0 Å². The fourth-order valence-electron chi connectivity index (χ4n) is 1.44. The first-order valence-corrected chi connectivity index (χ1v) is 4.00. The number of carbonyl (C=O) groups is 1. The highest BCUT2D eigenvalue weighted by molar-refractivity contribution is 5.73. The standard InChI is InChI=1S/C7H14N2O3/c1-12-8-7(11)9-4-2-3-6(9)5-10/h6,10H,2-5H2,1H3,(H,8,11). The van der Waals surface area contributed by atoms with Gasteiger partial charge in [-0.15, -0.1) is 0 Å². The molecule has 5 heteroatoms. The number of carbonyl (C=O) groups excluding carboxylic acids is 1. The van der Waals surface area contributed by atoms with Gasteiger partial charge in [0.25, 0.3) is 0 Å². The van der Waals surface area contributed by atoms with Crippen molar-refractivity contribution >= 4 is 6.03 Å². The fourth-order valence-corrected chi connectivity index (χ4v) is 1.44. The summed E-state index contributed by atoms with van der Waals surface area (Å²) in [5.74, 6) is 0. The predicted octanol–water partition coefficient (Wildman–Crippen LogP) is -0.286. The molecule has 1 saturated heterocycles. The maximum absolute atomic E-state index is 11.2. The van der Waals surface area contributed by atoms with Crippen molar-refractivity contribution in [1.82, 2.24) is 10.4 Å². The minimum absolute atomic E-state index is 0.0249. The third-order valence-electron chi connectivity index (χ3n) is 2.04. The zero-order chi connectivity index (χ0) is 8.97. The molecular weight excluding hydrogens is 160 g/mol. The Hall–Kier alpha value is -0.810. The van der Waals surface area contributed by atoms with Gasteiger partial charge in [0.1, 0.15) is 0 Å². The number of hydrogen-bond acceptors (Lipinski definition) is 3. The van der Waals surface area contributed by atoms with Gasteiger partial charge in [0.05, 0.1) is 19.8 Å². The Morgan fingerprint density at radius 1 is 1.83 bits per heavy atom. The quantitative estimate of drug-likeness (QED) is 0.566. The van der Waals surface area contributed by atoms with Gasteiger partial charge in [-0.1, -0.05) is 0 Å². The molecule has 1 aliphatic rings. The van der Waals surface area contributed by atoms with Crippen LogP contribution in [0.25, 0.3) is 0 Å². The zero-order valence-electron chi connectivity index (χ0n) is 7.12. The van der Waals surface area contributed by atoms with Gasteiger partial charge in [-0.2, -0.15) is 0 Å². The molecule has 1 aliphatic heterocycles. The minimum atomic E-state index is -0.269. The summed E-state index contributed by atoms with van der Waals surface area (Å²) in [6, 6.07) is -0.311. The van der Waals surface area contributed by atoms with Gasteiger partial charge in [0.2, 0.25) is 0 Å². The lowest BCUT2D eigenvalue weighted by Gasteiger charge is -2.22. The topological polar surface area (TPSA) is 61.8 Å². The average molecular weight is 174 g/mol. The molecule has 1 fully saturated rings. The highest BCUT2D eigenvalue weighted by atomic mass is 16.6. The van der Waals surface area contributed by atoms with Crippen LogP contribution in [0.5, 0.6) is 0 Å². The van der Waals surface area contributed by atoms with E-state index in [-0.39, 0.29) is 18.7 Å². The molecule has 1 heterocycles. The molecule has 5 nitrogen and oxygen atoms in total. The second-order valence-electron chi connectivity index (χ2n) is 2.78. The Kier molecular flexibility index (Phi) is 3.31. The third kappa shape index (κ3) is 1.86. The van der Waals surface area contributed by atoms with E-state index in [1.807, 2.05) is 0 Å². The number of rotatable bonds is 2. The summed E-state index contributed by atoms with van der Waals surface area (Å²) in [6.45, 7) is 0.720. The van der Waals surface area contributed by atoms with Gasteiger partial charge in [-0.05, 0) is 12.8 Å². The Balaban J connectivity index is 2.43. The molecule has 70 valence electrons. The summed E-state index contributed by atoms with van der Waals surface area (Å²) in [5, 5.41) is 8.89. The number of likely N-dealkylation sites (tertiary alicyclic amines) is 1. The van der Waals surface area contributed by atoms with Crippen LogP contribution in [0.4, 0.5) is 4.79 Å². The highest BCUT2D eigenvalue weighted by Gasteiger charge is 2.27. The first-order chi connectivity index (χ1) is 5.79. The fraction of sp³-hybridized carbons (Fsp3) is 0.857. The lowest BCUT2D eigenvalue weighted by Crippen LogP contribution is -2.43. The molecule has 0 saturated carbocycles. The lowest BCUT2D eigenvalue weighted by atomic mass is 10.2. The molecule has 1 rings (SSSR count). The summed E-state index contributed by atoms with van der Waals surface area (Å²) in [7, 11) is 1.39. The third-order valence-corrected chi connectivity index (χ3v) is 2.04. The molecular formula is C7H14N2O3.